The lowest BCUT2D eigenvalue weighted by Gasteiger charge is -2.05. The monoisotopic (exact) mass is 224 g/mol. The van der Waals surface area contributed by atoms with Crippen LogP contribution >= 0.6 is 0 Å². The third kappa shape index (κ3) is 4.31. The molecule has 88 valence electrons. The molecule has 1 aromatic rings. The summed E-state index contributed by atoms with van der Waals surface area (Å²) in [6, 6.07) is 7.55. The van der Waals surface area contributed by atoms with Crippen LogP contribution in [0.3, 0.4) is 0 Å². The van der Waals surface area contributed by atoms with Crippen LogP contribution in [0.5, 0.6) is 5.75 Å². The number of carbonyl (C=O) groups is 1. The zero-order valence-corrected chi connectivity index (χ0v) is 9.56. The van der Waals surface area contributed by atoms with Crippen molar-refractivity contribution in [1.29, 1.82) is 0 Å². The van der Waals surface area contributed by atoms with E-state index >= 15 is 0 Å². The zero-order chi connectivity index (χ0) is 11.8. The van der Waals surface area contributed by atoms with Crippen molar-refractivity contribution in [3.63, 3.8) is 0 Å². The second kappa shape index (κ2) is 6.85. The highest BCUT2D eigenvalue weighted by molar-refractivity contribution is 5.70. The van der Waals surface area contributed by atoms with E-state index in [1.165, 1.54) is 12.7 Å². The molecule has 0 aromatic heterocycles. The standard InChI is InChI=1S/C12H16O4/c1-14-8-7-10-3-5-11(6-4-10)16-9-12(13)15-2/h3-6H,7-9H2,1-2H3. The van der Waals surface area contributed by atoms with E-state index in [-0.39, 0.29) is 12.6 Å². The molecule has 4 nitrogen and oxygen atoms in total. The topological polar surface area (TPSA) is 44.8 Å². The Bertz CT molecular complexity index is 318. The summed E-state index contributed by atoms with van der Waals surface area (Å²) in [5.41, 5.74) is 1.17. The molecule has 1 aromatic carbocycles. The second-order valence-corrected chi connectivity index (χ2v) is 3.25. The van der Waals surface area contributed by atoms with Crippen LogP contribution in [0.1, 0.15) is 5.56 Å². The fourth-order valence-corrected chi connectivity index (χ4v) is 1.17. The smallest absolute Gasteiger partial charge is 0.343 e. The van der Waals surface area contributed by atoms with Crippen LogP contribution in [0, 0.1) is 0 Å². The maximum Gasteiger partial charge on any atom is 0.343 e. The van der Waals surface area contributed by atoms with E-state index in [0.717, 1.165) is 6.42 Å². The van der Waals surface area contributed by atoms with E-state index in [9.17, 15) is 4.79 Å². The Kier molecular flexibility index (Phi) is 5.36. The van der Waals surface area contributed by atoms with Gasteiger partial charge in [0.15, 0.2) is 6.61 Å². The number of benzene rings is 1. The van der Waals surface area contributed by atoms with Gasteiger partial charge < -0.3 is 14.2 Å². The van der Waals surface area contributed by atoms with Crippen LogP contribution < -0.4 is 4.74 Å². The molecular weight excluding hydrogens is 208 g/mol. The van der Waals surface area contributed by atoms with Gasteiger partial charge in [-0.25, -0.2) is 4.79 Å². The Morgan fingerprint density at radius 3 is 2.44 bits per heavy atom. The van der Waals surface area contributed by atoms with Crippen LogP contribution in [0.25, 0.3) is 0 Å². The predicted octanol–water partition coefficient (Wildman–Crippen LogP) is 1.43. The highest BCUT2D eigenvalue weighted by Crippen LogP contribution is 2.12. The summed E-state index contributed by atoms with van der Waals surface area (Å²) in [6.07, 6.45) is 0.869. The van der Waals surface area contributed by atoms with Crippen molar-refractivity contribution < 1.29 is 19.0 Å². The molecule has 0 unspecified atom stereocenters. The Balaban J connectivity index is 2.41. The third-order valence-corrected chi connectivity index (χ3v) is 2.10. The number of carbonyl (C=O) groups excluding carboxylic acids is 1. The number of hydrogen-bond acceptors (Lipinski definition) is 4. The first kappa shape index (κ1) is 12.5. The van der Waals surface area contributed by atoms with Gasteiger partial charge >= 0.3 is 5.97 Å². The number of esters is 1. The molecule has 0 bridgehead atoms. The molecule has 0 aliphatic heterocycles. The molecule has 0 atom stereocenters. The van der Waals surface area contributed by atoms with Crippen LogP contribution in [0.15, 0.2) is 24.3 Å². The lowest BCUT2D eigenvalue weighted by Crippen LogP contribution is -2.12. The fraction of sp³-hybridized carbons (Fsp3) is 0.417. The molecule has 0 heterocycles. The number of hydrogen-bond donors (Lipinski definition) is 0. The van der Waals surface area contributed by atoms with Crippen LogP contribution in [0.4, 0.5) is 0 Å². The van der Waals surface area contributed by atoms with Crippen molar-refractivity contribution in [2.75, 3.05) is 27.4 Å². The van der Waals surface area contributed by atoms with Gasteiger partial charge in [-0.3, -0.25) is 0 Å². The molecule has 0 saturated heterocycles. The summed E-state index contributed by atoms with van der Waals surface area (Å²) in [4.78, 5) is 10.8. The van der Waals surface area contributed by atoms with Crippen molar-refractivity contribution in [3.8, 4) is 5.75 Å². The summed E-state index contributed by atoms with van der Waals surface area (Å²) in [7, 11) is 3.01. The quantitative estimate of drug-likeness (QED) is 0.686. The van der Waals surface area contributed by atoms with Crippen molar-refractivity contribution in [3.05, 3.63) is 29.8 Å². The molecule has 1 rings (SSSR count). The molecule has 0 N–H and O–H groups in total. The second-order valence-electron chi connectivity index (χ2n) is 3.25. The largest absolute Gasteiger partial charge is 0.482 e. The normalized spacial score (nSPS) is 9.88. The summed E-state index contributed by atoms with van der Waals surface area (Å²) >= 11 is 0. The first-order valence-electron chi connectivity index (χ1n) is 5.03. The van der Waals surface area contributed by atoms with Gasteiger partial charge in [0.1, 0.15) is 5.75 Å². The summed E-state index contributed by atoms with van der Waals surface area (Å²) in [5.74, 6) is 0.273. The highest BCUT2D eigenvalue weighted by atomic mass is 16.6. The molecule has 0 amide bonds. The lowest BCUT2D eigenvalue weighted by molar-refractivity contribution is -0.142. The SMILES string of the molecule is COCCc1ccc(OCC(=O)OC)cc1. The lowest BCUT2D eigenvalue weighted by atomic mass is 10.1. The van der Waals surface area contributed by atoms with Gasteiger partial charge in [-0.05, 0) is 24.1 Å². The fourth-order valence-electron chi connectivity index (χ4n) is 1.17. The van der Waals surface area contributed by atoms with Crippen molar-refractivity contribution in [2.24, 2.45) is 0 Å². The molecule has 0 fully saturated rings. The first-order valence-corrected chi connectivity index (χ1v) is 5.03. The first-order chi connectivity index (χ1) is 7.76. The van der Waals surface area contributed by atoms with Gasteiger partial charge in [0.2, 0.25) is 0 Å². The molecular formula is C12H16O4. The van der Waals surface area contributed by atoms with Gasteiger partial charge in [-0.15, -0.1) is 0 Å². The zero-order valence-electron chi connectivity index (χ0n) is 9.56. The van der Waals surface area contributed by atoms with Gasteiger partial charge in [-0.2, -0.15) is 0 Å². The highest BCUT2D eigenvalue weighted by Gasteiger charge is 2.01. The molecule has 0 aliphatic rings. The molecule has 4 heteroatoms. The van der Waals surface area contributed by atoms with E-state index in [0.29, 0.717) is 12.4 Å². The van der Waals surface area contributed by atoms with E-state index in [1.807, 2.05) is 24.3 Å². The van der Waals surface area contributed by atoms with E-state index in [4.69, 9.17) is 9.47 Å². The average Bonchev–Trinajstić information content (AvgIpc) is 2.34. The molecule has 16 heavy (non-hydrogen) atoms. The average molecular weight is 224 g/mol. The minimum absolute atomic E-state index is 0.0616. The number of ether oxygens (including phenoxy) is 3. The van der Waals surface area contributed by atoms with Gasteiger partial charge in [-0.1, -0.05) is 12.1 Å². The van der Waals surface area contributed by atoms with E-state index in [1.54, 1.807) is 7.11 Å². The van der Waals surface area contributed by atoms with Crippen molar-refractivity contribution in [1.82, 2.24) is 0 Å². The van der Waals surface area contributed by atoms with Gasteiger partial charge in [0, 0.05) is 7.11 Å². The number of methoxy groups -OCH3 is 2. The summed E-state index contributed by atoms with van der Waals surface area (Å²) in [6.45, 7) is 0.635. The van der Waals surface area contributed by atoms with Crippen molar-refractivity contribution in [2.45, 2.75) is 6.42 Å². The summed E-state index contributed by atoms with van der Waals surface area (Å²) in [5, 5.41) is 0. The number of rotatable bonds is 6. The molecule has 0 spiro atoms. The van der Waals surface area contributed by atoms with E-state index in [2.05, 4.69) is 4.74 Å². The van der Waals surface area contributed by atoms with Gasteiger partial charge in [0.25, 0.3) is 0 Å². The molecule has 0 radical (unpaired) electrons. The maximum absolute atomic E-state index is 10.8. The third-order valence-electron chi connectivity index (χ3n) is 2.10. The summed E-state index contributed by atoms with van der Waals surface area (Å²) < 4.78 is 14.7. The minimum atomic E-state index is -0.386. The van der Waals surface area contributed by atoms with Crippen molar-refractivity contribution >= 4 is 5.97 Å². The minimum Gasteiger partial charge on any atom is -0.482 e. The Morgan fingerprint density at radius 2 is 1.88 bits per heavy atom. The molecule has 0 saturated carbocycles. The Hall–Kier alpha value is -1.55. The van der Waals surface area contributed by atoms with Crippen LogP contribution in [0.2, 0.25) is 0 Å². The Morgan fingerprint density at radius 1 is 1.19 bits per heavy atom. The molecule has 0 aliphatic carbocycles. The van der Waals surface area contributed by atoms with E-state index < -0.39 is 0 Å². The predicted molar refractivity (Wildman–Crippen MR) is 59.5 cm³/mol. The Labute approximate surface area is 95.1 Å². The maximum atomic E-state index is 10.8. The van der Waals surface area contributed by atoms with Crippen LogP contribution in [-0.2, 0) is 20.7 Å². The van der Waals surface area contributed by atoms with Gasteiger partial charge in [0.05, 0.1) is 13.7 Å². The van der Waals surface area contributed by atoms with Crippen LogP contribution in [-0.4, -0.2) is 33.4 Å².